The SMILES string of the molecule is CC(Oc1ccc(Oc2ccc(C(F)(F)F)cn2)cc1)C(=O)OCCSCc1ccccc1F. The molecule has 1 heterocycles. The van der Waals surface area contributed by atoms with E-state index < -0.39 is 23.8 Å². The summed E-state index contributed by atoms with van der Waals surface area (Å²) in [6.07, 6.45) is -4.64. The van der Waals surface area contributed by atoms with Crippen LogP contribution < -0.4 is 9.47 Å². The zero-order chi connectivity index (χ0) is 24.6. The van der Waals surface area contributed by atoms with Crippen molar-refractivity contribution >= 4 is 17.7 Å². The van der Waals surface area contributed by atoms with Gasteiger partial charge in [0.25, 0.3) is 0 Å². The molecule has 3 aromatic rings. The molecule has 3 rings (SSSR count). The number of benzene rings is 2. The summed E-state index contributed by atoms with van der Waals surface area (Å²) in [4.78, 5) is 15.8. The molecule has 0 aliphatic rings. The standard InChI is InChI=1S/C24H21F4NO4S/c1-16(23(30)31-12-13-34-15-17-4-2-3-5-21(17)25)32-19-7-9-20(10-8-19)33-22-11-6-18(14-29-22)24(26,27)28/h2-11,14,16H,12-13,15H2,1H3. The summed E-state index contributed by atoms with van der Waals surface area (Å²) in [5, 5.41) is 0. The summed E-state index contributed by atoms with van der Waals surface area (Å²) in [6.45, 7) is 1.71. The number of hydrogen-bond acceptors (Lipinski definition) is 6. The molecule has 10 heteroatoms. The Morgan fingerprint density at radius 2 is 1.74 bits per heavy atom. The van der Waals surface area contributed by atoms with Crippen molar-refractivity contribution in [1.82, 2.24) is 4.98 Å². The molecule has 1 unspecified atom stereocenters. The highest BCUT2D eigenvalue weighted by Crippen LogP contribution is 2.30. The molecule has 0 aliphatic heterocycles. The first-order valence-electron chi connectivity index (χ1n) is 10.2. The third-order valence-corrected chi connectivity index (χ3v) is 5.41. The summed E-state index contributed by atoms with van der Waals surface area (Å²) in [5.74, 6) is 0.907. The van der Waals surface area contributed by atoms with Gasteiger partial charge in [0, 0.05) is 23.8 Å². The van der Waals surface area contributed by atoms with Gasteiger partial charge in [-0.25, -0.2) is 14.2 Å². The molecule has 0 N–H and O–H groups in total. The van der Waals surface area contributed by atoms with Crippen LogP contribution in [0.5, 0.6) is 17.4 Å². The van der Waals surface area contributed by atoms with E-state index in [4.69, 9.17) is 14.2 Å². The van der Waals surface area contributed by atoms with E-state index in [2.05, 4.69) is 4.98 Å². The van der Waals surface area contributed by atoms with Gasteiger partial charge in [0.05, 0.1) is 5.56 Å². The predicted molar refractivity (Wildman–Crippen MR) is 119 cm³/mol. The van der Waals surface area contributed by atoms with E-state index in [9.17, 15) is 22.4 Å². The second kappa shape index (κ2) is 11.7. The highest BCUT2D eigenvalue weighted by Gasteiger charge is 2.30. The normalized spacial score (nSPS) is 12.1. The van der Waals surface area contributed by atoms with Crippen LogP contribution in [0.2, 0.25) is 0 Å². The Kier molecular flexibility index (Phi) is 8.75. The van der Waals surface area contributed by atoms with E-state index in [0.29, 0.717) is 34.8 Å². The zero-order valence-corrected chi connectivity index (χ0v) is 18.9. The number of alkyl halides is 3. The van der Waals surface area contributed by atoms with Crippen LogP contribution >= 0.6 is 11.8 Å². The van der Waals surface area contributed by atoms with Gasteiger partial charge in [-0.2, -0.15) is 24.9 Å². The van der Waals surface area contributed by atoms with Gasteiger partial charge in [-0.1, -0.05) is 18.2 Å². The molecule has 0 radical (unpaired) electrons. The summed E-state index contributed by atoms with van der Waals surface area (Å²) < 4.78 is 67.5. The molecule has 0 amide bonds. The van der Waals surface area contributed by atoms with Crippen LogP contribution in [0.3, 0.4) is 0 Å². The summed E-state index contributed by atoms with van der Waals surface area (Å²) >= 11 is 1.45. The fourth-order valence-electron chi connectivity index (χ4n) is 2.68. The Balaban J connectivity index is 1.40. The first-order chi connectivity index (χ1) is 16.2. The number of carbonyl (C=O) groups is 1. The average molecular weight is 495 g/mol. The maximum Gasteiger partial charge on any atom is 0.417 e. The van der Waals surface area contributed by atoms with Crippen molar-refractivity contribution in [3.8, 4) is 17.4 Å². The van der Waals surface area contributed by atoms with Crippen molar-refractivity contribution in [2.45, 2.75) is 25.0 Å². The molecule has 34 heavy (non-hydrogen) atoms. The minimum atomic E-state index is -4.47. The molecule has 0 saturated carbocycles. The van der Waals surface area contributed by atoms with Gasteiger partial charge >= 0.3 is 12.1 Å². The Hall–Kier alpha value is -3.27. The molecule has 1 atom stereocenters. The summed E-state index contributed by atoms with van der Waals surface area (Å²) in [6, 6.07) is 14.7. The molecular weight excluding hydrogens is 474 g/mol. The average Bonchev–Trinajstić information content (AvgIpc) is 2.81. The molecule has 5 nitrogen and oxygen atoms in total. The van der Waals surface area contributed by atoms with E-state index >= 15 is 0 Å². The van der Waals surface area contributed by atoms with Crippen LogP contribution in [0, 0.1) is 5.82 Å². The van der Waals surface area contributed by atoms with E-state index in [1.807, 2.05) is 0 Å². The minimum Gasteiger partial charge on any atom is -0.479 e. The van der Waals surface area contributed by atoms with Gasteiger partial charge in [-0.3, -0.25) is 0 Å². The van der Waals surface area contributed by atoms with Gasteiger partial charge in [-0.15, -0.1) is 0 Å². The molecule has 0 spiro atoms. The van der Waals surface area contributed by atoms with Crippen LogP contribution in [0.15, 0.2) is 66.9 Å². The highest BCUT2D eigenvalue weighted by molar-refractivity contribution is 7.98. The fourth-order valence-corrected chi connectivity index (χ4v) is 3.48. The number of pyridine rings is 1. The number of halogens is 4. The lowest BCUT2D eigenvalue weighted by Gasteiger charge is -2.14. The van der Waals surface area contributed by atoms with Crippen molar-refractivity contribution < 1.29 is 36.6 Å². The Morgan fingerprint density at radius 3 is 2.38 bits per heavy atom. The maximum atomic E-state index is 13.6. The van der Waals surface area contributed by atoms with Crippen LogP contribution in [-0.2, 0) is 21.5 Å². The second-order valence-electron chi connectivity index (χ2n) is 7.03. The first kappa shape index (κ1) is 25.4. The van der Waals surface area contributed by atoms with E-state index in [1.54, 1.807) is 37.3 Å². The largest absolute Gasteiger partial charge is 0.479 e. The lowest BCUT2D eigenvalue weighted by Crippen LogP contribution is -2.26. The van der Waals surface area contributed by atoms with E-state index in [-0.39, 0.29) is 18.3 Å². The van der Waals surface area contributed by atoms with Crippen LogP contribution in [-0.4, -0.2) is 29.4 Å². The number of rotatable bonds is 10. The molecular formula is C24H21F4NO4S. The number of aromatic nitrogens is 1. The molecule has 0 fully saturated rings. The highest BCUT2D eigenvalue weighted by atomic mass is 32.2. The maximum absolute atomic E-state index is 13.6. The lowest BCUT2D eigenvalue weighted by molar-refractivity contribution is -0.150. The summed E-state index contributed by atoms with van der Waals surface area (Å²) in [5.41, 5.74) is -0.273. The van der Waals surface area contributed by atoms with Gasteiger partial charge in [-0.05, 0) is 48.9 Å². The van der Waals surface area contributed by atoms with E-state index in [1.165, 1.54) is 30.0 Å². The molecule has 0 bridgehead atoms. The van der Waals surface area contributed by atoms with Crippen LogP contribution in [0.4, 0.5) is 17.6 Å². The molecule has 0 aliphatic carbocycles. The van der Waals surface area contributed by atoms with Crippen LogP contribution in [0.25, 0.3) is 0 Å². The van der Waals surface area contributed by atoms with Gasteiger partial charge in [0.1, 0.15) is 23.9 Å². The molecule has 1 aromatic heterocycles. The van der Waals surface area contributed by atoms with Gasteiger partial charge in [0.2, 0.25) is 5.88 Å². The second-order valence-corrected chi connectivity index (χ2v) is 8.13. The fraction of sp³-hybridized carbons (Fsp3) is 0.250. The van der Waals surface area contributed by atoms with Crippen molar-refractivity contribution in [3.05, 3.63) is 83.8 Å². The zero-order valence-electron chi connectivity index (χ0n) is 18.0. The molecule has 2 aromatic carbocycles. The number of hydrogen-bond donors (Lipinski definition) is 0. The number of carbonyl (C=O) groups excluding carboxylic acids is 1. The number of nitrogens with zero attached hydrogens (tertiary/aromatic N) is 1. The van der Waals surface area contributed by atoms with Gasteiger partial charge in [0.15, 0.2) is 6.10 Å². The minimum absolute atomic E-state index is 0.00601. The lowest BCUT2D eigenvalue weighted by atomic mass is 10.2. The molecule has 180 valence electrons. The van der Waals surface area contributed by atoms with Crippen LogP contribution in [0.1, 0.15) is 18.1 Å². The van der Waals surface area contributed by atoms with Crippen molar-refractivity contribution in [1.29, 1.82) is 0 Å². The Morgan fingerprint density at radius 1 is 1.03 bits per heavy atom. The summed E-state index contributed by atoms with van der Waals surface area (Å²) in [7, 11) is 0. The third kappa shape index (κ3) is 7.65. The predicted octanol–water partition coefficient (Wildman–Crippen LogP) is 6.28. The number of ether oxygens (including phenoxy) is 3. The number of thioether (sulfide) groups is 1. The third-order valence-electron chi connectivity index (χ3n) is 4.44. The van der Waals surface area contributed by atoms with E-state index in [0.717, 1.165) is 12.1 Å². The smallest absolute Gasteiger partial charge is 0.417 e. The van der Waals surface area contributed by atoms with Crippen molar-refractivity contribution in [2.75, 3.05) is 12.4 Å². The topological polar surface area (TPSA) is 57.7 Å². The Bertz CT molecular complexity index is 1080. The van der Waals surface area contributed by atoms with Gasteiger partial charge < -0.3 is 14.2 Å². The quantitative estimate of drug-likeness (QED) is 0.188. The van der Waals surface area contributed by atoms with Crippen molar-refractivity contribution in [2.24, 2.45) is 0 Å². The monoisotopic (exact) mass is 495 g/mol. The Labute approximate surface area is 198 Å². The van der Waals surface area contributed by atoms with Crippen molar-refractivity contribution in [3.63, 3.8) is 0 Å². The number of esters is 1. The molecule has 0 saturated heterocycles. The first-order valence-corrected chi connectivity index (χ1v) is 11.3.